The van der Waals surface area contributed by atoms with E-state index in [0.717, 1.165) is 38.9 Å². The van der Waals surface area contributed by atoms with E-state index in [1.807, 2.05) is 0 Å². The fourth-order valence-electron chi connectivity index (χ4n) is 2.94. The van der Waals surface area contributed by atoms with Crippen molar-refractivity contribution in [1.82, 2.24) is 0 Å². The van der Waals surface area contributed by atoms with Crippen molar-refractivity contribution < 1.29 is 14.3 Å². The third-order valence-corrected chi connectivity index (χ3v) is 4.52. The summed E-state index contributed by atoms with van der Waals surface area (Å²) in [5.41, 5.74) is 0.128. The predicted octanol–water partition coefficient (Wildman–Crippen LogP) is 5.66. The van der Waals surface area contributed by atoms with Crippen LogP contribution in [0.2, 0.25) is 0 Å². The SMILES string of the molecule is CCCCCCCCCCC(=O)CCCC1OCC(C)(C)CO1. The number of hydrogen-bond donors (Lipinski definition) is 0. The maximum absolute atomic E-state index is 11.9. The summed E-state index contributed by atoms with van der Waals surface area (Å²) in [6, 6.07) is 0. The first-order chi connectivity index (χ1) is 11.0. The molecule has 0 radical (unpaired) electrons. The van der Waals surface area contributed by atoms with Crippen LogP contribution in [0.4, 0.5) is 0 Å². The Balaban J connectivity index is 1.89. The quantitative estimate of drug-likeness (QED) is 0.410. The van der Waals surface area contributed by atoms with Gasteiger partial charge in [-0.15, -0.1) is 0 Å². The van der Waals surface area contributed by atoms with Crippen molar-refractivity contribution in [3.05, 3.63) is 0 Å². The minimum atomic E-state index is -0.0982. The third kappa shape index (κ3) is 10.9. The molecule has 0 unspecified atom stereocenters. The van der Waals surface area contributed by atoms with E-state index in [4.69, 9.17) is 9.47 Å². The van der Waals surface area contributed by atoms with Gasteiger partial charge in [-0.25, -0.2) is 0 Å². The average molecular weight is 327 g/mol. The zero-order valence-corrected chi connectivity index (χ0v) is 15.7. The molecule has 1 rings (SSSR count). The second kappa shape index (κ2) is 12.0. The summed E-state index contributed by atoms with van der Waals surface area (Å²) in [7, 11) is 0. The van der Waals surface area contributed by atoms with Gasteiger partial charge in [0.05, 0.1) is 13.2 Å². The summed E-state index contributed by atoms with van der Waals surface area (Å²) < 4.78 is 11.4. The van der Waals surface area contributed by atoms with E-state index < -0.39 is 0 Å². The van der Waals surface area contributed by atoms with Gasteiger partial charge in [0.15, 0.2) is 6.29 Å². The number of carbonyl (C=O) groups is 1. The molecule has 0 atom stereocenters. The Labute approximate surface area is 143 Å². The molecule has 0 saturated carbocycles. The minimum Gasteiger partial charge on any atom is -0.352 e. The zero-order chi connectivity index (χ0) is 17.0. The van der Waals surface area contributed by atoms with Crippen LogP contribution >= 0.6 is 0 Å². The monoisotopic (exact) mass is 326 g/mol. The molecule has 136 valence electrons. The number of rotatable bonds is 13. The first-order valence-electron chi connectivity index (χ1n) is 9.78. The Morgan fingerprint density at radius 1 is 0.870 bits per heavy atom. The molecule has 23 heavy (non-hydrogen) atoms. The molecular formula is C20H38O3. The standard InChI is InChI=1S/C20H38O3/c1-4-5-6-7-8-9-10-11-13-18(21)14-12-15-19-22-16-20(2,3)17-23-19/h19H,4-17H2,1-3H3. The Kier molecular flexibility index (Phi) is 10.8. The van der Waals surface area contributed by atoms with Crippen LogP contribution in [0, 0.1) is 5.41 Å². The molecule has 1 fully saturated rings. The van der Waals surface area contributed by atoms with Gasteiger partial charge in [0.1, 0.15) is 5.78 Å². The molecule has 0 aromatic carbocycles. The molecule has 1 aliphatic heterocycles. The molecule has 1 heterocycles. The van der Waals surface area contributed by atoms with Gasteiger partial charge in [0.25, 0.3) is 0 Å². The summed E-state index contributed by atoms with van der Waals surface area (Å²) in [6.07, 6.45) is 13.4. The van der Waals surface area contributed by atoms with Crippen molar-refractivity contribution in [2.75, 3.05) is 13.2 Å². The lowest BCUT2D eigenvalue weighted by atomic mass is 9.95. The highest BCUT2D eigenvalue weighted by Crippen LogP contribution is 2.25. The van der Waals surface area contributed by atoms with Crippen LogP contribution in [0.25, 0.3) is 0 Å². The number of ether oxygens (including phenoxy) is 2. The first-order valence-corrected chi connectivity index (χ1v) is 9.78. The van der Waals surface area contributed by atoms with Gasteiger partial charge in [-0.1, -0.05) is 65.7 Å². The molecule has 1 aliphatic rings. The molecule has 3 nitrogen and oxygen atoms in total. The fourth-order valence-corrected chi connectivity index (χ4v) is 2.94. The summed E-state index contributed by atoms with van der Waals surface area (Å²) in [6.45, 7) is 8.06. The number of hydrogen-bond acceptors (Lipinski definition) is 3. The summed E-state index contributed by atoms with van der Waals surface area (Å²) in [4.78, 5) is 11.9. The van der Waals surface area contributed by atoms with E-state index >= 15 is 0 Å². The minimum absolute atomic E-state index is 0.0982. The second-order valence-electron chi connectivity index (χ2n) is 7.87. The van der Waals surface area contributed by atoms with Crippen LogP contribution in [-0.4, -0.2) is 25.3 Å². The van der Waals surface area contributed by atoms with Gasteiger partial charge >= 0.3 is 0 Å². The van der Waals surface area contributed by atoms with Crippen LogP contribution in [0.15, 0.2) is 0 Å². The Morgan fingerprint density at radius 3 is 2.00 bits per heavy atom. The van der Waals surface area contributed by atoms with Gasteiger partial charge in [0.2, 0.25) is 0 Å². The van der Waals surface area contributed by atoms with Crippen LogP contribution < -0.4 is 0 Å². The maximum Gasteiger partial charge on any atom is 0.157 e. The lowest BCUT2D eigenvalue weighted by Gasteiger charge is -2.34. The van der Waals surface area contributed by atoms with E-state index in [-0.39, 0.29) is 11.7 Å². The van der Waals surface area contributed by atoms with Gasteiger partial charge in [-0.3, -0.25) is 4.79 Å². The predicted molar refractivity (Wildman–Crippen MR) is 95.6 cm³/mol. The number of ketones is 1. The van der Waals surface area contributed by atoms with Gasteiger partial charge < -0.3 is 9.47 Å². The molecule has 0 spiro atoms. The van der Waals surface area contributed by atoms with E-state index in [9.17, 15) is 4.79 Å². The summed E-state index contributed by atoms with van der Waals surface area (Å²) in [5, 5.41) is 0. The van der Waals surface area contributed by atoms with Crippen LogP contribution in [0.5, 0.6) is 0 Å². The van der Waals surface area contributed by atoms with E-state index in [2.05, 4.69) is 20.8 Å². The van der Waals surface area contributed by atoms with Crippen molar-refractivity contribution in [2.45, 2.75) is 104 Å². The van der Waals surface area contributed by atoms with Crippen molar-refractivity contribution >= 4 is 5.78 Å². The molecule has 0 aromatic rings. The highest BCUT2D eigenvalue weighted by Gasteiger charge is 2.27. The van der Waals surface area contributed by atoms with E-state index in [1.165, 1.54) is 44.9 Å². The Hall–Kier alpha value is -0.410. The largest absolute Gasteiger partial charge is 0.352 e. The molecular weight excluding hydrogens is 288 g/mol. The summed E-state index contributed by atoms with van der Waals surface area (Å²) in [5.74, 6) is 0.409. The van der Waals surface area contributed by atoms with Crippen molar-refractivity contribution in [3.63, 3.8) is 0 Å². The smallest absolute Gasteiger partial charge is 0.157 e. The maximum atomic E-state index is 11.9. The normalized spacial score (nSPS) is 18.2. The second-order valence-corrected chi connectivity index (χ2v) is 7.87. The van der Waals surface area contributed by atoms with Gasteiger partial charge in [-0.05, 0) is 19.3 Å². The molecule has 1 saturated heterocycles. The van der Waals surface area contributed by atoms with Crippen molar-refractivity contribution in [3.8, 4) is 0 Å². The van der Waals surface area contributed by atoms with Crippen molar-refractivity contribution in [1.29, 1.82) is 0 Å². The molecule has 0 aromatic heterocycles. The average Bonchev–Trinajstić information content (AvgIpc) is 2.51. The summed E-state index contributed by atoms with van der Waals surface area (Å²) >= 11 is 0. The third-order valence-electron chi connectivity index (χ3n) is 4.52. The fraction of sp³-hybridized carbons (Fsp3) is 0.950. The molecule has 0 amide bonds. The van der Waals surface area contributed by atoms with Gasteiger partial charge in [0, 0.05) is 18.3 Å². The molecule has 0 bridgehead atoms. The van der Waals surface area contributed by atoms with Crippen LogP contribution in [0.3, 0.4) is 0 Å². The molecule has 0 aliphatic carbocycles. The Bertz CT molecular complexity index is 302. The number of unbranched alkanes of at least 4 members (excludes halogenated alkanes) is 7. The van der Waals surface area contributed by atoms with E-state index in [1.54, 1.807) is 0 Å². The number of Topliss-reactive ketones (excluding diaryl/α,β-unsaturated/α-hetero) is 1. The lowest BCUT2D eigenvalue weighted by molar-refractivity contribution is -0.224. The highest BCUT2D eigenvalue weighted by molar-refractivity contribution is 5.78. The zero-order valence-electron chi connectivity index (χ0n) is 15.7. The molecule has 0 N–H and O–H groups in total. The lowest BCUT2D eigenvalue weighted by Crippen LogP contribution is -2.37. The van der Waals surface area contributed by atoms with Crippen molar-refractivity contribution in [2.24, 2.45) is 5.41 Å². The van der Waals surface area contributed by atoms with Crippen LogP contribution in [-0.2, 0) is 14.3 Å². The number of carbonyl (C=O) groups excluding carboxylic acids is 1. The van der Waals surface area contributed by atoms with Gasteiger partial charge in [-0.2, -0.15) is 0 Å². The Morgan fingerprint density at radius 2 is 1.39 bits per heavy atom. The first kappa shape index (κ1) is 20.6. The topological polar surface area (TPSA) is 35.5 Å². The highest BCUT2D eigenvalue weighted by atomic mass is 16.7. The van der Waals surface area contributed by atoms with Crippen LogP contribution in [0.1, 0.15) is 97.8 Å². The van der Waals surface area contributed by atoms with E-state index in [0.29, 0.717) is 12.2 Å². The molecule has 3 heteroatoms.